The zero-order valence-electron chi connectivity index (χ0n) is 9.39. The van der Waals surface area contributed by atoms with Gasteiger partial charge in [-0.25, -0.2) is 8.78 Å². The SMILES string of the molecule is Fc1ccc(COc2cc(F)c(Cl)cc2Br)c(Br)c1. The summed E-state index contributed by atoms with van der Waals surface area (Å²) in [6.45, 7) is 0.181. The molecule has 0 amide bonds. The Morgan fingerprint density at radius 2 is 1.79 bits per heavy atom. The van der Waals surface area contributed by atoms with Crippen LogP contribution in [0.1, 0.15) is 5.56 Å². The van der Waals surface area contributed by atoms with Gasteiger partial charge in [0, 0.05) is 16.1 Å². The Balaban J connectivity index is 2.16. The van der Waals surface area contributed by atoms with Crippen LogP contribution in [0.25, 0.3) is 0 Å². The molecule has 2 rings (SSSR count). The highest BCUT2D eigenvalue weighted by atomic mass is 79.9. The van der Waals surface area contributed by atoms with Gasteiger partial charge in [-0.05, 0) is 34.1 Å². The van der Waals surface area contributed by atoms with Crippen LogP contribution in [0.5, 0.6) is 5.75 Å². The van der Waals surface area contributed by atoms with Gasteiger partial charge in [-0.1, -0.05) is 33.6 Å². The smallest absolute Gasteiger partial charge is 0.145 e. The molecule has 19 heavy (non-hydrogen) atoms. The fourth-order valence-corrected chi connectivity index (χ4v) is 2.63. The summed E-state index contributed by atoms with van der Waals surface area (Å²) >= 11 is 12.1. The molecule has 0 aliphatic carbocycles. The summed E-state index contributed by atoms with van der Waals surface area (Å²) in [4.78, 5) is 0. The van der Waals surface area contributed by atoms with Crippen LogP contribution < -0.4 is 4.74 Å². The molecule has 0 atom stereocenters. The second-order valence-corrected chi connectivity index (χ2v) is 5.84. The summed E-state index contributed by atoms with van der Waals surface area (Å²) in [6.07, 6.45) is 0. The zero-order chi connectivity index (χ0) is 14.0. The highest BCUT2D eigenvalue weighted by molar-refractivity contribution is 9.10. The largest absolute Gasteiger partial charge is 0.488 e. The zero-order valence-corrected chi connectivity index (χ0v) is 13.3. The van der Waals surface area contributed by atoms with Gasteiger partial charge in [-0.3, -0.25) is 0 Å². The van der Waals surface area contributed by atoms with Gasteiger partial charge in [-0.2, -0.15) is 0 Å². The summed E-state index contributed by atoms with van der Waals surface area (Å²) < 4.78 is 32.9. The number of rotatable bonds is 3. The lowest BCUT2D eigenvalue weighted by Gasteiger charge is -2.10. The molecule has 0 unspecified atom stereocenters. The van der Waals surface area contributed by atoms with Gasteiger partial charge in [-0.15, -0.1) is 0 Å². The number of hydrogen-bond donors (Lipinski definition) is 0. The van der Waals surface area contributed by atoms with Crippen molar-refractivity contribution in [3.8, 4) is 5.75 Å². The molecule has 0 spiro atoms. The molecule has 0 aromatic heterocycles. The van der Waals surface area contributed by atoms with Crippen LogP contribution in [-0.2, 0) is 6.61 Å². The van der Waals surface area contributed by atoms with E-state index in [1.165, 1.54) is 24.3 Å². The van der Waals surface area contributed by atoms with Crippen molar-refractivity contribution in [1.82, 2.24) is 0 Å². The quantitative estimate of drug-likeness (QED) is 0.586. The fraction of sp³-hybridized carbons (Fsp3) is 0.0769. The predicted molar refractivity (Wildman–Crippen MR) is 77.5 cm³/mol. The van der Waals surface area contributed by atoms with Crippen LogP contribution in [0, 0.1) is 11.6 Å². The van der Waals surface area contributed by atoms with Gasteiger partial charge in [0.1, 0.15) is 24.0 Å². The number of halogens is 5. The van der Waals surface area contributed by atoms with E-state index in [4.69, 9.17) is 16.3 Å². The lowest BCUT2D eigenvalue weighted by atomic mass is 10.2. The topological polar surface area (TPSA) is 9.23 Å². The maximum absolute atomic E-state index is 13.3. The van der Waals surface area contributed by atoms with Crippen molar-refractivity contribution < 1.29 is 13.5 Å². The van der Waals surface area contributed by atoms with E-state index in [-0.39, 0.29) is 17.4 Å². The third-order valence-corrected chi connectivity index (χ3v) is 4.02. The molecule has 0 saturated heterocycles. The molecule has 6 heteroatoms. The Hall–Kier alpha value is -0.650. The van der Waals surface area contributed by atoms with Gasteiger partial charge < -0.3 is 4.74 Å². The van der Waals surface area contributed by atoms with Crippen LogP contribution in [0.2, 0.25) is 5.02 Å². The summed E-state index contributed by atoms with van der Waals surface area (Å²) in [5.74, 6) is -0.564. The highest BCUT2D eigenvalue weighted by Crippen LogP contribution is 2.31. The summed E-state index contributed by atoms with van der Waals surface area (Å²) in [6, 6.07) is 6.90. The van der Waals surface area contributed by atoms with Crippen molar-refractivity contribution in [2.75, 3.05) is 0 Å². The molecule has 0 bridgehead atoms. The highest BCUT2D eigenvalue weighted by Gasteiger charge is 2.09. The number of benzene rings is 2. The molecule has 0 saturated carbocycles. The van der Waals surface area contributed by atoms with Crippen LogP contribution in [0.4, 0.5) is 8.78 Å². The average molecular weight is 412 g/mol. The van der Waals surface area contributed by atoms with Crippen LogP contribution >= 0.6 is 43.5 Å². The van der Waals surface area contributed by atoms with E-state index in [2.05, 4.69) is 31.9 Å². The summed E-state index contributed by atoms with van der Waals surface area (Å²) in [5, 5.41) is 0.0159. The van der Waals surface area contributed by atoms with Crippen molar-refractivity contribution in [2.45, 2.75) is 6.61 Å². The molecule has 2 aromatic rings. The third-order valence-electron chi connectivity index (χ3n) is 2.37. The summed E-state index contributed by atoms with van der Waals surface area (Å²) in [5.41, 5.74) is 0.753. The standard InChI is InChI=1S/C13H7Br2ClF2O/c14-9-3-8(17)2-1-7(9)6-19-13-5-12(18)11(16)4-10(13)15/h1-5H,6H2. The van der Waals surface area contributed by atoms with Gasteiger partial charge in [0.15, 0.2) is 0 Å². The van der Waals surface area contributed by atoms with Crippen molar-refractivity contribution in [1.29, 1.82) is 0 Å². The second kappa shape index (κ2) is 6.20. The minimum atomic E-state index is -0.557. The first-order chi connectivity index (χ1) is 8.97. The summed E-state index contributed by atoms with van der Waals surface area (Å²) in [7, 11) is 0. The van der Waals surface area contributed by atoms with Crippen molar-refractivity contribution >= 4 is 43.5 Å². The van der Waals surface area contributed by atoms with E-state index in [0.29, 0.717) is 14.7 Å². The molecule has 0 fully saturated rings. The fourth-order valence-electron chi connectivity index (χ4n) is 1.41. The van der Waals surface area contributed by atoms with E-state index in [9.17, 15) is 8.78 Å². The Morgan fingerprint density at radius 3 is 2.47 bits per heavy atom. The van der Waals surface area contributed by atoms with Gasteiger partial charge in [0.25, 0.3) is 0 Å². The minimum Gasteiger partial charge on any atom is -0.488 e. The Morgan fingerprint density at radius 1 is 1.05 bits per heavy atom. The molecule has 100 valence electrons. The van der Waals surface area contributed by atoms with E-state index in [1.807, 2.05) is 0 Å². The van der Waals surface area contributed by atoms with Crippen molar-refractivity contribution in [3.63, 3.8) is 0 Å². The molecule has 0 heterocycles. The lowest BCUT2D eigenvalue weighted by molar-refractivity contribution is 0.301. The van der Waals surface area contributed by atoms with E-state index >= 15 is 0 Å². The monoisotopic (exact) mass is 410 g/mol. The minimum absolute atomic E-state index is 0.0159. The number of hydrogen-bond acceptors (Lipinski definition) is 1. The lowest BCUT2D eigenvalue weighted by Crippen LogP contribution is -1.98. The molecule has 0 radical (unpaired) electrons. The maximum atomic E-state index is 13.3. The normalized spacial score (nSPS) is 10.6. The van der Waals surface area contributed by atoms with E-state index < -0.39 is 5.82 Å². The van der Waals surface area contributed by atoms with E-state index in [0.717, 1.165) is 5.56 Å². The predicted octanol–water partition coefficient (Wildman–Crippen LogP) is 5.72. The molecule has 2 aromatic carbocycles. The molecular weight excluding hydrogens is 405 g/mol. The van der Waals surface area contributed by atoms with Gasteiger partial charge in [0.05, 0.1) is 9.50 Å². The Bertz CT molecular complexity index is 620. The van der Waals surface area contributed by atoms with Crippen molar-refractivity contribution in [2.24, 2.45) is 0 Å². The van der Waals surface area contributed by atoms with E-state index in [1.54, 1.807) is 6.07 Å². The molecule has 1 nitrogen and oxygen atoms in total. The Kier molecular flexibility index (Phi) is 4.81. The van der Waals surface area contributed by atoms with Gasteiger partial charge >= 0.3 is 0 Å². The van der Waals surface area contributed by atoms with Gasteiger partial charge in [0.2, 0.25) is 0 Å². The first-order valence-electron chi connectivity index (χ1n) is 5.18. The van der Waals surface area contributed by atoms with Crippen molar-refractivity contribution in [3.05, 3.63) is 61.5 Å². The molecular formula is C13H7Br2ClF2O. The average Bonchev–Trinajstić information content (AvgIpc) is 2.34. The molecule has 0 N–H and O–H groups in total. The first kappa shape index (κ1) is 14.8. The Labute approximate surface area is 130 Å². The first-order valence-corrected chi connectivity index (χ1v) is 7.15. The molecule has 0 aliphatic rings. The van der Waals surface area contributed by atoms with Crippen LogP contribution in [0.3, 0.4) is 0 Å². The van der Waals surface area contributed by atoms with Crippen LogP contribution in [0.15, 0.2) is 39.3 Å². The molecule has 0 aliphatic heterocycles. The third kappa shape index (κ3) is 3.68. The van der Waals surface area contributed by atoms with Crippen LogP contribution in [-0.4, -0.2) is 0 Å². The second-order valence-electron chi connectivity index (χ2n) is 3.72. The maximum Gasteiger partial charge on any atom is 0.145 e. The number of ether oxygens (including phenoxy) is 1.